The molecule has 2 aromatic rings. The molecule has 0 aliphatic carbocycles. The van der Waals surface area contributed by atoms with Gasteiger partial charge in [0.2, 0.25) is 0 Å². The van der Waals surface area contributed by atoms with Gasteiger partial charge >= 0.3 is 6.09 Å². The molecule has 1 fully saturated rings. The Morgan fingerprint density at radius 2 is 1.92 bits per heavy atom. The van der Waals surface area contributed by atoms with Crippen molar-refractivity contribution in [1.82, 2.24) is 9.88 Å². The average molecular weight is 355 g/mol. The minimum absolute atomic E-state index is 0.166. The molecule has 0 spiro atoms. The van der Waals surface area contributed by atoms with E-state index < -0.39 is 6.09 Å². The van der Waals surface area contributed by atoms with E-state index in [1.807, 2.05) is 30.3 Å². The van der Waals surface area contributed by atoms with E-state index in [4.69, 9.17) is 4.74 Å². The Kier molecular flexibility index (Phi) is 5.80. The molecule has 3 rings (SSSR count). The highest BCUT2D eigenvalue weighted by Gasteiger charge is 2.23. The fourth-order valence-electron chi connectivity index (χ4n) is 2.73. The monoisotopic (exact) mass is 355 g/mol. The highest BCUT2D eigenvalue weighted by Crippen LogP contribution is 2.15. The van der Waals surface area contributed by atoms with Crippen molar-refractivity contribution in [3.05, 3.63) is 59.9 Å². The van der Waals surface area contributed by atoms with Crippen molar-refractivity contribution < 1.29 is 19.4 Å². The Labute approximate surface area is 151 Å². The van der Waals surface area contributed by atoms with E-state index in [1.165, 1.54) is 12.3 Å². The summed E-state index contributed by atoms with van der Waals surface area (Å²) in [5.74, 6) is -0.210. The van der Waals surface area contributed by atoms with Crippen molar-refractivity contribution in [3.8, 4) is 0 Å². The first-order valence-corrected chi connectivity index (χ1v) is 8.53. The van der Waals surface area contributed by atoms with Gasteiger partial charge in [0.1, 0.15) is 12.3 Å². The lowest BCUT2D eigenvalue weighted by Gasteiger charge is -2.29. The number of amides is 2. The number of nitrogens with one attached hydrogen (secondary N) is 1. The van der Waals surface area contributed by atoms with Crippen LogP contribution in [0.25, 0.3) is 0 Å². The van der Waals surface area contributed by atoms with Gasteiger partial charge in [-0.25, -0.2) is 4.79 Å². The van der Waals surface area contributed by atoms with Crippen molar-refractivity contribution >= 4 is 17.7 Å². The van der Waals surface area contributed by atoms with E-state index in [9.17, 15) is 14.7 Å². The Balaban J connectivity index is 1.56. The van der Waals surface area contributed by atoms with Gasteiger partial charge in [-0.2, -0.15) is 0 Å². The highest BCUT2D eigenvalue weighted by atomic mass is 16.5. The number of ether oxygens (including phenoxy) is 1. The highest BCUT2D eigenvalue weighted by molar-refractivity contribution is 5.94. The molecule has 0 radical (unpaired) electrons. The third-order valence-corrected chi connectivity index (χ3v) is 4.19. The quantitative estimate of drug-likeness (QED) is 0.879. The minimum atomic E-state index is -0.598. The van der Waals surface area contributed by atoms with Crippen LogP contribution < -0.4 is 5.32 Å². The molecule has 0 unspecified atom stereocenters. The van der Waals surface area contributed by atoms with E-state index in [0.29, 0.717) is 31.6 Å². The largest absolute Gasteiger partial charge is 0.444 e. The van der Waals surface area contributed by atoms with Crippen LogP contribution in [0.15, 0.2) is 48.7 Å². The van der Waals surface area contributed by atoms with E-state index in [0.717, 1.165) is 5.56 Å². The van der Waals surface area contributed by atoms with Crippen molar-refractivity contribution in [2.24, 2.45) is 0 Å². The maximum atomic E-state index is 12.5. The van der Waals surface area contributed by atoms with Gasteiger partial charge < -0.3 is 14.7 Å². The van der Waals surface area contributed by atoms with Crippen LogP contribution in [-0.4, -0.2) is 46.2 Å². The number of aliphatic hydroxyl groups is 1. The SMILES string of the molecule is O=C(Nc1ccnc(C(=O)N2CCC(O)CC2)c1)OCc1ccccc1. The van der Waals surface area contributed by atoms with Crippen LogP contribution in [0.2, 0.25) is 0 Å². The first-order valence-electron chi connectivity index (χ1n) is 8.53. The Hall–Kier alpha value is -2.93. The van der Waals surface area contributed by atoms with Gasteiger partial charge in [-0.3, -0.25) is 15.1 Å². The molecule has 1 aromatic carbocycles. The minimum Gasteiger partial charge on any atom is -0.444 e. The molecule has 2 amide bonds. The molecule has 26 heavy (non-hydrogen) atoms. The van der Waals surface area contributed by atoms with Crippen LogP contribution >= 0.6 is 0 Å². The van der Waals surface area contributed by atoms with Crippen molar-refractivity contribution in [2.45, 2.75) is 25.6 Å². The van der Waals surface area contributed by atoms with Crippen LogP contribution in [-0.2, 0) is 11.3 Å². The summed E-state index contributed by atoms with van der Waals surface area (Å²) in [4.78, 5) is 30.2. The molecule has 1 saturated heterocycles. The Morgan fingerprint density at radius 3 is 2.65 bits per heavy atom. The van der Waals surface area contributed by atoms with E-state index in [-0.39, 0.29) is 24.3 Å². The summed E-state index contributed by atoms with van der Waals surface area (Å²) in [5, 5.41) is 12.1. The summed E-state index contributed by atoms with van der Waals surface area (Å²) < 4.78 is 5.17. The third kappa shape index (κ3) is 4.80. The van der Waals surface area contributed by atoms with Crippen molar-refractivity contribution in [1.29, 1.82) is 0 Å². The van der Waals surface area contributed by atoms with Gasteiger partial charge in [-0.15, -0.1) is 0 Å². The summed E-state index contributed by atoms with van der Waals surface area (Å²) in [6, 6.07) is 12.5. The fourth-order valence-corrected chi connectivity index (χ4v) is 2.73. The maximum absolute atomic E-state index is 12.5. The zero-order valence-corrected chi connectivity index (χ0v) is 14.3. The van der Waals surface area contributed by atoms with Crippen LogP contribution in [0.1, 0.15) is 28.9 Å². The third-order valence-electron chi connectivity index (χ3n) is 4.19. The van der Waals surface area contributed by atoms with Crippen molar-refractivity contribution in [3.63, 3.8) is 0 Å². The van der Waals surface area contributed by atoms with Crippen LogP contribution in [0.3, 0.4) is 0 Å². The topological polar surface area (TPSA) is 91.8 Å². The van der Waals surface area contributed by atoms with Gasteiger partial charge in [0.25, 0.3) is 5.91 Å². The molecular weight excluding hydrogens is 334 g/mol. The fraction of sp³-hybridized carbons (Fsp3) is 0.316. The zero-order chi connectivity index (χ0) is 18.4. The van der Waals surface area contributed by atoms with E-state index in [2.05, 4.69) is 10.3 Å². The predicted molar refractivity (Wildman–Crippen MR) is 95.6 cm³/mol. The van der Waals surface area contributed by atoms with Crippen LogP contribution in [0.5, 0.6) is 0 Å². The molecule has 1 aliphatic rings. The Bertz CT molecular complexity index is 758. The number of nitrogens with zero attached hydrogens (tertiary/aromatic N) is 2. The molecule has 1 aliphatic heterocycles. The molecule has 0 atom stereocenters. The Morgan fingerprint density at radius 1 is 1.19 bits per heavy atom. The molecular formula is C19H21N3O4. The lowest BCUT2D eigenvalue weighted by molar-refractivity contribution is 0.0541. The zero-order valence-electron chi connectivity index (χ0n) is 14.3. The lowest BCUT2D eigenvalue weighted by atomic mass is 10.1. The number of aromatic nitrogens is 1. The predicted octanol–water partition coefficient (Wildman–Crippen LogP) is 2.43. The maximum Gasteiger partial charge on any atom is 0.411 e. The van der Waals surface area contributed by atoms with Gasteiger partial charge in [0.15, 0.2) is 0 Å². The number of piperidine rings is 1. The normalized spacial score (nSPS) is 14.7. The number of hydrogen-bond acceptors (Lipinski definition) is 5. The van der Waals surface area contributed by atoms with Gasteiger partial charge in [0.05, 0.1) is 6.10 Å². The number of pyridine rings is 1. The molecule has 1 aromatic heterocycles. The van der Waals surface area contributed by atoms with E-state index in [1.54, 1.807) is 11.0 Å². The molecule has 7 heteroatoms. The lowest BCUT2D eigenvalue weighted by Crippen LogP contribution is -2.40. The van der Waals surface area contributed by atoms with Gasteiger partial charge in [0, 0.05) is 25.0 Å². The van der Waals surface area contributed by atoms with E-state index >= 15 is 0 Å². The number of anilines is 1. The standard InChI is InChI=1S/C19H21N3O4/c23-16-7-10-22(11-8-16)18(24)17-12-15(6-9-20-17)21-19(25)26-13-14-4-2-1-3-5-14/h1-6,9,12,16,23H,7-8,10-11,13H2,(H,20,21,25). The van der Waals surface area contributed by atoms with Crippen molar-refractivity contribution in [2.75, 3.05) is 18.4 Å². The summed E-state index contributed by atoms with van der Waals surface area (Å²) in [7, 11) is 0. The second-order valence-corrected chi connectivity index (χ2v) is 6.14. The number of rotatable bonds is 4. The summed E-state index contributed by atoms with van der Waals surface area (Å²) in [5.41, 5.74) is 1.58. The molecule has 2 N–H and O–H groups in total. The smallest absolute Gasteiger partial charge is 0.411 e. The summed E-state index contributed by atoms with van der Waals surface area (Å²) >= 11 is 0. The number of benzene rings is 1. The molecule has 136 valence electrons. The van der Waals surface area contributed by atoms with Crippen LogP contribution in [0, 0.1) is 0 Å². The van der Waals surface area contributed by atoms with Gasteiger partial charge in [-0.1, -0.05) is 30.3 Å². The number of hydrogen-bond donors (Lipinski definition) is 2. The second kappa shape index (κ2) is 8.44. The molecule has 0 bridgehead atoms. The summed E-state index contributed by atoms with van der Waals surface area (Å²) in [6.07, 6.45) is 1.66. The number of likely N-dealkylation sites (tertiary alicyclic amines) is 1. The second-order valence-electron chi connectivity index (χ2n) is 6.14. The number of carbonyl (C=O) groups is 2. The number of carbonyl (C=O) groups excluding carboxylic acids is 2. The first-order chi connectivity index (χ1) is 12.6. The first kappa shape index (κ1) is 17.9. The summed E-state index contributed by atoms with van der Waals surface area (Å²) in [6.45, 7) is 1.16. The molecule has 0 saturated carbocycles. The number of aliphatic hydroxyl groups excluding tert-OH is 1. The van der Waals surface area contributed by atoms with Crippen LogP contribution in [0.4, 0.5) is 10.5 Å². The molecule has 2 heterocycles. The van der Waals surface area contributed by atoms with Gasteiger partial charge in [-0.05, 0) is 30.5 Å². The molecule has 7 nitrogen and oxygen atoms in total. The average Bonchev–Trinajstić information content (AvgIpc) is 2.67.